The molecule has 2 nitrogen and oxygen atoms in total. The molecule has 1 aliphatic rings. The molecule has 3 heteroatoms. The molecule has 0 radical (unpaired) electrons. The van der Waals surface area contributed by atoms with Crippen LogP contribution in [0.3, 0.4) is 0 Å². The van der Waals surface area contributed by atoms with Gasteiger partial charge >= 0.3 is 0 Å². The van der Waals surface area contributed by atoms with E-state index in [1.807, 2.05) is 0 Å². The molecule has 0 bridgehead atoms. The summed E-state index contributed by atoms with van der Waals surface area (Å²) in [6.07, 6.45) is 5.06. The number of carbonyl (C=O) groups is 2. The first kappa shape index (κ1) is 11.8. The third-order valence-corrected chi connectivity index (χ3v) is 3.73. The van der Waals surface area contributed by atoms with E-state index >= 15 is 0 Å². The summed E-state index contributed by atoms with van der Waals surface area (Å²) in [6, 6.07) is 0. The van der Waals surface area contributed by atoms with Gasteiger partial charge in [0.05, 0.1) is 0 Å². The molecular formula is C11H18O2S. The quantitative estimate of drug-likeness (QED) is 0.675. The Morgan fingerprint density at radius 2 is 2.07 bits per heavy atom. The molecule has 1 aliphatic carbocycles. The molecule has 1 fully saturated rings. The van der Waals surface area contributed by atoms with Gasteiger partial charge in [0.1, 0.15) is 5.78 Å². The van der Waals surface area contributed by atoms with Crippen molar-refractivity contribution in [3.63, 3.8) is 0 Å². The van der Waals surface area contributed by atoms with Crippen molar-refractivity contribution < 1.29 is 9.59 Å². The highest BCUT2D eigenvalue weighted by molar-refractivity contribution is 8.13. The van der Waals surface area contributed by atoms with Crippen molar-refractivity contribution in [1.82, 2.24) is 0 Å². The second-order valence-electron chi connectivity index (χ2n) is 3.83. The Hall–Kier alpha value is -0.310. The minimum atomic E-state index is 0.162. The first-order chi connectivity index (χ1) is 6.74. The van der Waals surface area contributed by atoms with Crippen LogP contribution in [-0.2, 0) is 9.59 Å². The molecule has 80 valence electrons. The highest BCUT2D eigenvalue weighted by Gasteiger charge is 2.24. The predicted octanol–water partition coefficient (Wildman–Crippen LogP) is 2.81. The minimum Gasteiger partial charge on any atom is -0.300 e. The summed E-state index contributed by atoms with van der Waals surface area (Å²) in [5.41, 5.74) is 0. The smallest absolute Gasteiger partial charge is 0.192 e. The van der Waals surface area contributed by atoms with Crippen molar-refractivity contribution in [3.05, 3.63) is 0 Å². The number of unbranched alkanes of at least 4 members (excludes halogenated alkanes) is 1. The highest BCUT2D eigenvalue weighted by Crippen LogP contribution is 2.26. The normalized spacial score (nSPS) is 18.5. The molecule has 0 aromatic heterocycles. The number of hydrogen-bond donors (Lipinski definition) is 0. The van der Waals surface area contributed by atoms with Gasteiger partial charge in [-0.15, -0.1) is 0 Å². The molecular weight excluding hydrogens is 196 g/mol. The topological polar surface area (TPSA) is 34.1 Å². The lowest BCUT2D eigenvalue weighted by molar-refractivity contribution is -0.123. The van der Waals surface area contributed by atoms with Gasteiger partial charge in [-0.05, 0) is 19.3 Å². The Balaban J connectivity index is 2.20. The average Bonchev–Trinajstić information content (AvgIpc) is 2.19. The zero-order chi connectivity index (χ0) is 10.4. The third kappa shape index (κ3) is 3.82. The number of Topliss-reactive ketones (excluding diaryl/α,β-unsaturated/α-hetero) is 1. The number of thioether (sulfide) groups is 1. The monoisotopic (exact) mass is 214 g/mol. The molecule has 14 heavy (non-hydrogen) atoms. The lowest BCUT2D eigenvalue weighted by atomic mass is 9.89. The second kappa shape index (κ2) is 6.23. The van der Waals surface area contributed by atoms with E-state index in [0.29, 0.717) is 23.7 Å². The summed E-state index contributed by atoms with van der Waals surface area (Å²) in [7, 11) is 0. The summed E-state index contributed by atoms with van der Waals surface area (Å²) < 4.78 is 0. The molecule has 0 aromatic rings. The van der Waals surface area contributed by atoms with E-state index in [-0.39, 0.29) is 5.92 Å². The fraction of sp³-hybridized carbons (Fsp3) is 0.818. The molecule has 0 heterocycles. The first-order valence-corrected chi connectivity index (χ1v) is 6.41. The number of ketones is 1. The van der Waals surface area contributed by atoms with Gasteiger partial charge in [-0.1, -0.05) is 25.1 Å². The standard InChI is InChI=1S/C11H18O2S/c1-2-3-8-14-11(13)9-4-6-10(12)7-5-9/h9H,2-8H2,1H3. The Labute approximate surface area is 89.8 Å². The Morgan fingerprint density at radius 1 is 1.43 bits per heavy atom. The largest absolute Gasteiger partial charge is 0.300 e. The van der Waals surface area contributed by atoms with Crippen molar-refractivity contribution in [1.29, 1.82) is 0 Å². The van der Waals surface area contributed by atoms with Crippen LogP contribution in [0.25, 0.3) is 0 Å². The molecule has 0 N–H and O–H groups in total. The van der Waals surface area contributed by atoms with Gasteiger partial charge in [-0.3, -0.25) is 9.59 Å². The molecule has 0 atom stereocenters. The molecule has 0 saturated heterocycles. The van der Waals surface area contributed by atoms with Crippen LogP contribution in [0.5, 0.6) is 0 Å². The third-order valence-electron chi connectivity index (χ3n) is 2.62. The van der Waals surface area contributed by atoms with Gasteiger partial charge in [-0.2, -0.15) is 0 Å². The van der Waals surface area contributed by atoms with E-state index < -0.39 is 0 Å². The molecule has 0 spiro atoms. The minimum absolute atomic E-state index is 0.162. The second-order valence-corrected chi connectivity index (χ2v) is 4.93. The number of carbonyl (C=O) groups excluding carboxylic acids is 2. The maximum absolute atomic E-state index is 11.6. The van der Waals surface area contributed by atoms with E-state index in [0.717, 1.165) is 31.4 Å². The summed E-state index contributed by atoms with van der Waals surface area (Å²) in [5, 5.41) is 0.311. The van der Waals surface area contributed by atoms with Crippen LogP contribution in [-0.4, -0.2) is 16.7 Å². The lowest BCUT2D eigenvalue weighted by Crippen LogP contribution is -2.19. The summed E-state index contributed by atoms with van der Waals surface area (Å²) in [4.78, 5) is 22.6. The van der Waals surface area contributed by atoms with Crippen LogP contribution in [0.4, 0.5) is 0 Å². The first-order valence-electron chi connectivity index (χ1n) is 5.42. The van der Waals surface area contributed by atoms with E-state index in [2.05, 4.69) is 6.92 Å². The lowest BCUT2D eigenvalue weighted by Gasteiger charge is -2.18. The van der Waals surface area contributed by atoms with Gasteiger partial charge in [0.15, 0.2) is 5.12 Å². The van der Waals surface area contributed by atoms with Gasteiger partial charge in [0.2, 0.25) is 0 Å². The van der Waals surface area contributed by atoms with Gasteiger partial charge < -0.3 is 0 Å². The predicted molar refractivity (Wildman–Crippen MR) is 59.3 cm³/mol. The average molecular weight is 214 g/mol. The maximum Gasteiger partial charge on any atom is 0.192 e. The zero-order valence-electron chi connectivity index (χ0n) is 8.75. The maximum atomic E-state index is 11.6. The summed E-state index contributed by atoms with van der Waals surface area (Å²) >= 11 is 1.46. The molecule has 0 amide bonds. The number of rotatable bonds is 4. The van der Waals surface area contributed by atoms with Gasteiger partial charge in [0, 0.05) is 24.5 Å². The van der Waals surface area contributed by atoms with Crippen LogP contribution in [0.1, 0.15) is 45.4 Å². The van der Waals surface area contributed by atoms with Gasteiger partial charge in [-0.25, -0.2) is 0 Å². The van der Waals surface area contributed by atoms with E-state index in [1.165, 1.54) is 11.8 Å². The van der Waals surface area contributed by atoms with Crippen LogP contribution in [0, 0.1) is 5.92 Å². The van der Waals surface area contributed by atoms with Crippen LogP contribution < -0.4 is 0 Å². The van der Waals surface area contributed by atoms with Gasteiger partial charge in [0.25, 0.3) is 0 Å². The molecule has 0 aliphatic heterocycles. The Morgan fingerprint density at radius 3 is 2.64 bits per heavy atom. The highest BCUT2D eigenvalue weighted by atomic mass is 32.2. The van der Waals surface area contributed by atoms with Crippen molar-refractivity contribution in [3.8, 4) is 0 Å². The Bertz CT molecular complexity index is 203. The Kier molecular flexibility index (Phi) is 5.23. The van der Waals surface area contributed by atoms with E-state index in [9.17, 15) is 9.59 Å². The van der Waals surface area contributed by atoms with Crippen LogP contribution in [0.2, 0.25) is 0 Å². The van der Waals surface area contributed by atoms with Crippen molar-refractivity contribution in [2.24, 2.45) is 5.92 Å². The van der Waals surface area contributed by atoms with Crippen LogP contribution in [0.15, 0.2) is 0 Å². The fourth-order valence-electron chi connectivity index (χ4n) is 1.61. The molecule has 1 rings (SSSR count). The van der Waals surface area contributed by atoms with Crippen LogP contribution >= 0.6 is 11.8 Å². The molecule has 0 unspecified atom stereocenters. The van der Waals surface area contributed by atoms with Crippen molar-refractivity contribution in [2.75, 3.05) is 5.75 Å². The molecule has 1 saturated carbocycles. The fourth-order valence-corrected chi connectivity index (χ4v) is 2.72. The SMILES string of the molecule is CCCCSC(=O)C1CCC(=O)CC1. The zero-order valence-corrected chi connectivity index (χ0v) is 9.57. The molecule has 0 aromatic carbocycles. The van der Waals surface area contributed by atoms with E-state index in [1.54, 1.807) is 0 Å². The van der Waals surface area contributed by atoms with Crippen molar-refractivity contribution in [2.45, 2.75) is 45.4 Å². The van der Waals surface area contributed by atoms with Crippen molar-refractivity contribution >= 4 is 22.7 Å². The summed E-state index contributed by atoms with van der Waals surface area (Å²) in [5.74, 6) is 1.43. The van der Waals surface area contributed by atoms with E-state index in [4.69, 9.17) is 0 Å². The number of hydrogen-bond acceptors (Lipinski definition) is 3. The summed E-state index contributed by atoms with van der Waals surface area (Å²) in [6.45, 7) is 2.13.